The van der Waals surface area contributed by atoms with Gasteiger partial charge in [0.25, 0.3) is 0 Å². The Kier molecular flexibility index (Phi) is 4.54. The van der Waals surface area contributed by atoms with E-state index in [-0.39, 0.29) is 12.0 Å². The fraction of sp³-hybridized carbons (Fsp3) is 0.700. The SMILES string of the molecule is C/C=C/CCNC(=O)[C@@H]1CCCO1. The summed E-state index contributed by atoms with van der Waals surface area (Å²) in [6.07, 6.45) is 6.61. The highest BCUT2D eigenvalue weighted by molar-refractivity contribution is 5.80. The molecular formula is C10H17NO2. The second-order valence-corrected chi connectivity index (χ2v) is 3.15. The first kappa shape index (κ1) is 10.3. The van der Waals surface area contributed by atoms with Crippen LogP contribution in [0.4, 0.5) is 0 Å². The maximum atomic E-state index is 11.3. The van der Waals surface area contributed by atoms with Gasteiger partial charge in [0.05, 0.1) is 0 Å². The monoisotopic (exact) mass is 183 g/mol. The molecule has 13 heavy (non-hydrogen) atoms. The maximum absolute atomic E-state index is 11.3. The molecule has 3 nitrogen and oxygen atoms in total. The summed E-state index contributed by atoms with van der Waals surface area (Å²) in [5.74, 6) is 0.0435. The number of carbonyl (C=O) groups is 1. The van der Waals surface area contributed by atoms with E-state index >= 15 is 0 Å². The van der Waals surface area contributed by atoms with Crippen LogP contribution in [0, 0.1) is 0 Å². The Morgan fingerprint density at radius 2 is 2.54 bits per heavy atom. The van der Waals surface area contributed by atoms with Crippen LogP contribution in [-0.2, 0) is 9.53 Å². The second-order valence-electron chi connectivity index (χ2n) is 3.15. The minimum absolute atomic E-state index is 0.0435. The van der Waals surface area contributed by atoms with E-state index in [1.165, 1.54) is 0 Å². The summed E-state index contributed by atoms with van der Waals surface area (Å²) in [5, 5.41) is 2.84. The number of allylic oxidation sites excluding steroid dienone is 1. The van der Waals surface area contributed by atoms with Crippen molar-refractivity contribution in [3.63, 3.8) is 0 Å². The van der Waals surface area contributed by atoms with Crippen molar-refractivity contribution in [2.75, 3.05) is 13.2 Å². The van der Waals surface area contributed by atoms with Gasteiger partial charge in [-0.1, -0.05) is 12.2 Å². The van der Waals surface area contributed by atoms with E-state index in [1.807, 2.05) is 19.1 Å². The Morgan fingerprint density at radius 3 is 3.15 bits per heavy atom. The molecule has 0 aliphatic carbocycles. The van der Waals surface area contributed by atoms with Gasteiger partial charge in [-0.2, -0.15) is 0 Å². The molecule has 1 amide bonds. The van der Waals surface area contributed by atoms with Gasteiger partial charge in [-0.05, 0) is 26.2 Å². The van der Waals surface area contributed by atoms with Crippen LogP contribution in [0.15, 0.2) is 12.2 Å². The number of hydrogen-bond acceptors (Lipinski definition) is 2. The summed E-state index contributed by atoms with van der Waals surface area (Å²) in [6.45, 7) is 3.41. The third-order valence-electron chi connectivity index (χ3n) is 2.07. The summed E-state index contributed by atoms with van der Waals surface area (Å²) < 4.78 is 5.24. The number of nitrogens with one attached hydrogen (secondary N) is 1. The molecule has 1 rings (SSSR count). The fourth-order valence-electron chi connectivity index (χ4n) is 1.34. The third kappa shape index (κ3) is 3.59. The first-order valence-corrected chi connectivity index (χ1v) is 4.85. The average Bonchev–Trinajstić information content (AvgIpc) is 2.65. The Labute approximate surface area is 79.2 Å². The van der Waals surface area contributed by atoms with Crippen LogP contribution >= 0.6 is 0 Å². The third-order valence-corrected chi connectivity index (χ3v) is 2.07. The lowest BCUT2D eigenvalue weighted by molar-refractivity contribution is -0.129. The first-order chi connectivity index (χ1) is 6.34. The van der Waals surface area contributed by atoms with Crippen LogP contribution < -0.4 is 5.32 Å². The molecule has 3 heteroatoms. The van der Waals surface area contributed by atoms with E-state index in [0.717, 1.165) is 25.9 Å². The highest BCUT2D eigenvalue weighted by Gasteiger charge is 2.22. The summed E-state index contributed by atoms with van der Waals surface area (Å²) in [5.41, 5.74) is 0. The molecule has 1 aliphatic rings. The van der Waals surface area contributed by atoms with Gasteiger partial charge in [0, 0.05) is 13.2 Å². The number of ether oxygens (including phenoxy) is 1. The van der Waals surface area contributed by atoms with Crippen LogP contribution in [0.1, 0.15) is 26.2 Å². The topological polar surface area (TPSA) is 38.3 Å². The Hall–Kier alpha value is -0.830. The van der Waals surface area contributed by atoms with Crippen molar-refractivity contribution in [3.8, 4) is 0 Å². The molecule has 0 bridgehead atoms. The summed E-state index contributed by atoms with van der Waals surface area (Å²) in [6, 6.07) is 0. The zero-order valence-corrected chi connectivity index (χ0v) is 8.08. The van der Waals surface area contributed by atoms with Crippen LogP contribution in [0.3, 0.4) is 0 Å². The zero-order chi connectivity index (χ0) is 9.52. The van der Waals surface area contributed by atoms with E-state index in [4.69, 9.17) is 4.74 Å². The Morgan fingerprint density at radius 1 is 1.69 bits per heavy atom. The molecule has 1 fully saturated rings. The molecule has 1 N–H and O–H groups in total. The molecular weight excluding hydrogens is 166 g/mol. The molecule has 0 saturated carbocycles. The molecule has 0 aromatic rings. The Bertz CT molecular complexity index is 183. The standard InChI is InChI=1S/C10H17NO2/c1-2-3-4-7-11-10(12)9-6-5-8-13-9/h2-3,9H,4-8H2,1H3,(H,11,12)/b3-2+/t9-/m0/s1. The molecule has 1 heterocycles. The number of amides is 1. The quantitative estimate of drug-likeness (QED) is 0.526. The smallest absolute Gasteiger partial charge is 0.249 e. The van der Waals surface area contributed by atoms with E-state index in [9.17, 15) is 4.79 Å². The molecule has 1 aliphatic heterocycles. The predicted molar refractivity (Wildman–Crippen MR) is 51.4 cm³/mol. The van der Waals surface area contributed by atoms with Gasteiger partial charge in [-0.25, -0.2) is 0 Å². The molecule has 1 saturated heterocycles. The number of rotatable bonds is 4. The van der Waals surface area contributed by atoms with Gasteiger partial charge in [-0.3, -0.25) is 4.79 Å². The van der Waals surface area contributed by atoms with Crippen molar-refractivity contribution in [1.82, 2.24) is 5.32 Å². The molecule has 0 aromatic carbocycles. The van der Waals surface area contributed by atoms with Crippen molar-refractivity contribution in [1.29, 1.82) is 0 Å². The highest BCUT2D eigenvalue weighted by atomic mass is 16.5. The maximum Gasteiger partial charge on any atom is 0.249 e. The molecule has 0 spiro atoms. The lowest BCUT2D eigenvalue weighted by Gasteiger charge is -2.08. The second kappa shape index (κ2) is 5.75. The summed E-state index contributed by atoms with van der Waals surface area (Å²) in [4.78, 5) is 11.3. The van der Waals surface area contributed by atoms with Crippen LogP contribution in [0.5, 0.6) is 0 Å². The van der Waals surface area contributed by atoms with Crippen molar-refractivity contribution in [3.05, 3.63) is 12.2 Å². The van der Waals surface area contributed by atoms with Crippen molar-refractivity contribution >= 4 is 5.91 Å². The van der Waals surface area contributed by atoms with Gasteiger partial charge in [-0.15, -0.1) is 0 Å². The summed E-state index contributed by atoms with van der Waals surface area (Å²) >= 11 is 0. The molecule has 0 radical (unpaired) electrons. The average molecular weight is 183 g/mol. The van der Waals surface area contributed by atoms with Gasteiger partial charge >= 0.3 is 0 Å². The van der Waals surface area contributed by atoms with Crippen LogP contribution in [0.25, 0.3) is 0 Å². The van der Waals surface area contributed by atoms with Gasteiger partial charge in [0.15, 0.2) is 0 Å². The lowest BCUT2D eigenvalue weighted by Crippen LogP contribution is -2.34. The summed E-state index contributed by atoms with van der Waals surface area (Å²) in [7, 11) is 0. The van der Waals surface area contributed by atoms with E-state index < -0.39 is 0 Å². The van der Waals surface area contributed by atoms with Gasteiger partial charge < -0.3 is 10.1 Å². The normalized spacial score (nSPS) is 22.4. The fourth-order valence-corrected chi connectivity index (χ4v) is 1.34. The minimum atomic E-state index is -0.189. The first-order valence-electron chi connectivity index (χ1n) is 4.85. The van der Waals surface area contributed by atoms with Crippen molar-refractivity contribution in [2.45, 2.75) is 32.3 Å². The number of hydrogen-bond donors (Lipinski definition) is 1. The lowest BCUT2D eigenvalue weighted by atomic mass is 10.2. The van der Waals surface area contributed by atoms with E-state index in [1.54, 1.807) is 0 Å². The van der Waals surface area contributed by atoms with Crippen LogP contribution in [0.2, 0.25) is 0 Å². The predicted octanol–water partition coefficient (Wildman–Crippen LogP) is 1.25. The molecule has 0 unspecified atom stereocenters. The van der Waals surface area contributed by atoms with Gasteiger partial charge in [0.2, 0.25) is 5.91 Å². The van der Waals surface area contributed by atoms with Crippen molar-refractivity contribution < 1.29 is 9.53 Å². The van der Waals surface area contributed by atoms with Gasteiger partial charge in [0.1, 0.15) is 6.10 Å². The van der Waals surface area contributed by atoms with E-state index in [0.29, 0.717) is 6.54 Å². The highest BCUT2D eigenvalue weighted by Crippen LogP contribution is 2.11. The molecule has 74 valence electrons. The largest absolute Gasteiger partial charge is 0.368 e. The molecule has 0 aromatic heterocycles. The zero-order valence-electron chi connectivity index (χ0n) is 8.08. The number of carbonyl (C=O) groups excluding carboxylic acids is 1. The Balaban J connectivity index is 2.09. The van der Waals surface area contributed by atoms with E-state index in [2.05, 4.69) is 5.32 Å². The van der Waals surface area contributed by atoms with Crippen molar-refractivity contribution in [2.24, 2.45) is 0 Å². The van der Waals surface area contributed by atoms with Crippen LogP contribution in [-0.4, -0.2) is 25.2 Å². The molecule has 1 atom stereocenters. The minimum Gasteiger partial charge on any atom is -0.368 e.